The fourth-order valence-corrected chi connectivity index (χ4v) is 3.36. The highest BCUT2D eigenvalue weighted by molar-refractivity contribution is 7.18. The van der Waals surface area contributed by atoms with Gasteiger partial charge < -0.3 is 15.4 Å². The highest BCUT2D eigenvalue weighted by atomic mass is 32.1. The summed E-state index contributed by atoms with van der Waals surface area (Å²) in [5.41, 5.74) is -0.571. The van der Waals surface area contributed by atoms with E-state index in [1.54, 1.807) is 6.92 Å². The number of aryl methyl sites for hydroxylation is 3. The fourth-order valence-electron chi connectivity index (χ4n) is 2.31. The Bertz CT molecular complexity index is 855. The molecule has 0 aliphatic rings. The van der Waals surface area contributed by atoms with Crippen molar-refractivity contribution >= 4 is 33.4 Å². The predicted molar refractivity (Wildman–Crippen MR) is 92.5 cm³/mol. The third kappa shape index (κ3) is 3.48. The van der Waals surface area contributed by atoms with E-state index in [9.17, 15) is 19.5 Å². The number of hydrogen-bond donors (Lipinski definition) is 3. The molecule has 0 aliphatic heterocycles. The van der Waals surface area contributed by atoms with E-state index >= 15 is 0 Å². The Morgan fingerprint density at radius 1 is 1.38 bits per heavy atom. The van der Waals surface area contributed by atoms with Gasteiger partial charge in [-0.1, -0.05) is 6.92 Å². The molecule has 2 heterocycles. The number of carbonyl (C=O) groups is 2. The summed E-state index contributed by atoms with van der Waals surface area (Å²) in [5, 5.41) is 12.3. The minimum atomic E-state index is -1.29. The molecule has 1 unspecified atom stereocenters. The van der Waals surface area contributed by atoms with Crippen LogP contribution in [0.25, 0.3) is 10.2 Å². The zero-order chi connectivity index (χ0) is 18.1. The first kappa shape index (κ1) is 18.1. The van der Waals surface area contributed by atoms with Crippen LogP contribution in [0.1, 0.15) is 43.0 Å². The Hall–Kier alpha value is -2.22. The largest absolute Gasteiger partial charge is 0.480 e. The number of nitrogens with zero attached hydrogens (tertiary/aromatic N) is 1. The maximum Gasteiger partial charge on any atom is 0.329 e. The molecule has 2 rings (SSSR count). The van der Waals surface area contributed by atoms with Crippen molar-refractivity contribution in [3.63, 3.8) is 0 Å². The zero-order valence-corrected chi connectivity index (χ0v) is 15.0. The van der Waals surface area contributed by atoms with Gasteiger partial charge in [0.1, 0.15) is 16.2 Å². The van der Waals surface area contributed by atoms with Crippen LogP contribution in [0, 0.1) is 13.8 Å². The van der Waals surface area contributed by atoms with E-state index in [0.717, 1.165) is 10.4 Å². The molecule has 2 aromatic rings. The number of carboxylic acid groups (broad SMARTS) is 1. The van der Waals surface area contributed by atoms with Crippen molar-refractivity contribution in [2.45, 2.75) is 52.5 Å². The van der Waals surface area contributed by atoms with E-state index in [2.05, 4.69) is 15.3 Å². The minimum Gasteiger partial charge on any atom is -0.480 e. The van der Waals surface area contributed by atoms with Crippen LogP contribution in [0.15, 0.2) is 4.79 Å². The smallest absolute Gasteiger partial charge is 0.329 e. The van der Waals surface area contributed by atoms with Crippen LogP contribution in [0.5, 0.6) is 0 Å². The van der Waals surface area contributed by atoms with Gasteiger partial charge in [-0.05, 0) is 32.8 Å². The summed E-state index contributed by atoms with van der Waals surface area (Å²) in [6, 6.07) is 0. The van der Waals surface area contributed by atoms with Crippen LogP contribution in [0.2, 0.25) is 0 Å². The Balaban J connectivity index is 2.12. The molecule has 0 saturated carbocycles. The maximum atomic E-state index is 12.2. The van der Waals surface area contributed by atoms with E-state index in [1.165, 1.54) is 18.3 Å². The van der Waals surface area contributed by atoms with Gasteiger partial charge in [-0.3, -0.25) is 9.59 Å². The number of thiophene rings is 1. The molecule has 0 aliphatic carbocycles. The van der Waals surface area contributed by atoms with E-state index in [0.29, 0.717) is 16.0 Å². The molecule has 8 heteroatoms. The summed E-state index contributed by atoms with van der Waals surface area (Å²) < 4.78 is 0. The van der Waals surface area contributed by atoms with Gasteiger partial charge in [0, 0.05) is 17.7 Å². The van der Waals surface area contributed by atoms with Crippen LogP contribution in [-0.2, 0) is 16.0 Å². The first-order valence-corrected chi connectivity index (χ1v) is 8.53. The van der Waals surface area contributed by atoms with E-state index in [4.69, 9.17) is 0 Å². The summed E-state index contributed by atoms with van der Waals surface area (Å²) in [7, 11) is 0. The number of nitrogens with one attached hydrogen (secondary N) is 2. The van der Waals surface area contributed by atoms with Crippen LogP contribution < -0.4 is 10.9 Å². The maximum absolute atomic E-state index is 12.2. The van der Waals surface area contributed by atoms with Crippen LogP contribution >= 0.6 is 11.3 Å². The molecule has 0 spiro atoms. The van der Waals surface area contributed by atoms with Gasteiger partial charge in [0.25, 0.3) is 5.56 Å². The van der Waals surface area contributed by atoms with E-state index in [1.807, 2.05) is 13.8 Å². The van der Waals surface area contributed by atoms with Crippen molar-refractivity contribution in [3.05, 3.63) is 26.6 Å². The van der Waals surface area contributed by atoms with Crippen molar-refractivity contribution in [2.24, 2.45) is 0 Å². The van der Waals surface area contributed by atoms with Crippen molar-refractivity contribution in [3.8, 4) is 0 Å². The number of aliphatic carboxylic acids is 1. The first-order valence-electron chi connectivity index (χ1n) is 7.71. The molecule has 3 N–H and O–H groups in total. The molecule has 7 nitrogen and oxygen atoms in total. The second-order valence-corrected chi connectivity index (χ2v) is 7.22. The van der Waals surface area contributed by atoms with Gasteiger partial charge in [-0.15, -0.1) is 11.3 Å². The summed E-state index contributed by atoms with van der Waals surface area (Å²) in [4.78, 5) is 44.2. The number of carbonyl (C=O) groups excluding carboxylic acids is 1. The monoisotopic (exact) mass is 351 g/mol. The number of aromatic amines is 1. The summed E-state index contributed by atoms with van der Waals surface area (Å²) >= 11 is 1.45. The Morgan fingerprint density at radius 2 is 2.04 bits per heavy atom. The van der Waals surface area contributed by atoms with Gasteiger partial charge in [0.15, 0.2) is 0 Å². The molecule has 24 heavy (non-hydrogen) atoms. The van der Waals surface area contributed by atoms with Gasteiger partial charge in [0.05, 0.1) is 5.39 Å². The number of aromatic nitrogens is 2. The van der Waals surface area contributed by atoms with E-state index in [-0.39, 0.29) is 30.7 Å². The molecule has 1 atom stereocenters. The molecular weight excluding hydrogens is 330 g/mol. The van der Waals surface area contributed by atoms with Crippen LogP contribution in [-0.4, -0.2) is 32.5 Å². The highest BCUT2D eigenvalue weighted by Crippen LogP contribution is 2.25. The SMILES string of the molecule is CCC(C)(NC(=O)CCc1nc2sc(C)c(C)c2c(=O)[nH]1)C(=O)O. The Morgan fingerprint density at radius 3 is 2.62 bits per heavy atom. The quantitative estimate of drug-likeness (QED) is 0.736. The third-order valence-electron chi connectivity index (χ3n) is 4.27. The summed E-state index contributed by atoms with van der Waals surface area (Å²) in [5.74, 6) is -1.03. The van der Waals surface area contributed by atoms with Crippen molar-refractivity contribution in [1.29, 1.82) is 0 Å². The minimum absolute atomic E-state index is 0.0562. The summed E-state index contributed by atoms with van der Waals surface area (Å²) in [6.07, 6.45) is 0.579. The molecule has 0 radical (unpaired) electrons. The average molecular weight is 351 g/mol. The number of amides is 1. The van der Waals surface area contributed by atoms with Crippen molar-refractivity contribution in [2.75, 3.05) is 0 Å². The Labute approximate surface area is 143 Å². The fraction of sp³-hybridized carbons (Fsp3) is 0.500. The Kier molecular flexibility index (Phi) is 5.08. The molecule has 2 aromatic heterocycles. The number of H-pyrrole nitrogens is 1. The van der Waals surface area contributed by atoms with E-state index < -0.39 is 11.5 Å². The standard InChI is InChI=1S/C16H21N3O4S/c1-5-16(4,15(22)23)19-11(20)7-6-10-17-13(21)12-8(2)9(3)24-14(12)18-10/h5-7H2,1-4H3,(H,19,20)(H,22,23)(H,17,18,21). The lowest BCUT2D eigenvalue weighted by Crippen LogP contribution is -2.51. The van der Waals surface area contributed by atoms with Gasteiger partial charge in [0.2, 0.25) is 5.91 Å². The molecule has 0 bridgehead atoms. The van der Waals surface area contributed by atoms with Gasteiger partial charge in [-0.25, -0.2) is 9.78 Å². The second-order valence-electron chi connectivity index (χ2n) is 6.02. The number of fused-ring (bicyclic) bond motifs is 1. The van der Waals surface area contributed by atoms with Crippen LogP contribution in [0.3, 0.4) is 0 Å². The van der Waals surface area contributed by atoms with Gasteiger partial charge in [-0.2, -0.15) is 0 Å². The number of carboxylic acids is 1. The lowest BCUT2D eigenvalue weighted by atomic mass is 9.99. The number of rotatable bonds is 6. The van der Waals surface area contributed by atoms with Crippen molar-refractivity contribution < 1.29 is 14.7 Å². The second kappa shape index (κ2) is 6.72. The van der Waals surface area contributed by atoms with Gasteiger partial charge >= 0.3 is 5.97 Å². The number of hydrogen-bond acceptors (Lipinski definition) is 5. The lowest BCUT2D eigenvalue weighted by molar-refractivity contribution is -0.147. The molecule has 130 valence electrons. The molecule has 0 aromatic carbocycles. The lowest BCUT2D eigenvalue weighted by Gasteiger charge is -2.24. The van der Waals surface area contributed by atoms with Crippen LogP contribution in [0.4, 0.5) is 0 Å². The normalized spacial score (nSPS) is 13.7. The highest BCUT2D eigenvalue weighted by Gasteiger charge is 2.32. The molecule has 0 saturated heterocycles. The third-order valence-corrected chi connectivity index (χ3v) is 5.37. The molecule has 1 amide bonds. The molecule has 0 fully saturated rings. The predicted octanol–water partition coefficient (Wildman–Crippen LogP) is 1.90. The summed E-state index contributed by atoms with van der Waals surface area (Å²) in [6.45, 7) is 6.99. The average Bonchev–Trinajstić information content (AvgIpc) is 2.80. The molecular formula is C16H21N3O4S. The van der Waals surface area contributed by atoms with Crippen molar-refractivity contribution in [1.82, 2.24) is 15.3 Å². The zero-order valence-electron chi connectivity index (χ0n) is 14.1. The first-order chi connectivity index (χ1) is 11.2. The topological polar surface area (TPSA) is 112 Å².